The molecule has 3 aromatic carbocycles. The molecule has 43 heavy (non-hydrogen) atoms. The molecule has 0 saturated heterocycles. The van der Waals surface area contributed by atoms with Gasteiger partial charge in [-0.15, -0.1) is 0 Å². The van der Waals surface area contributed by atoms with Gasteiger partial charge in [0, 0.05) is 49.5 Å². The van der Waals surface area contributed by atoms with Crippen LogP contribution in [0, 0.1) is 19.7 Å². The third-order valence-electron chi connectivity index (χ3n) is 7.61. The number of anilines is 1. The number of ether oxygens (including phenoxy) is 1. The fourth-order valence-electron chi connectivity index (χ4n) is 5.11. The molecule has 222 valence electrons. The number of nitrogens with zero attached hydrogens (tertiary/aromatic N) is 2. The maximum atomic E-state index is 15.4. The van der Waals surface area contributed by atoms with Gasteiger partial charge in [0.1, 0.15) is 17.1 Å². The lowest BCUT2D eigenvalue weighted by Crippen LogP contribution is -2.50. The molecule has 1 unspecified atom stereocenters. The molecule has 4 aromatic rings. The monoisotopic (exact) mass is 584 g/mol. The first-order valence-electron chi connectivity index (χ1n) is 13.7. The molecule has 11 heteroatoms. The first kappa shape index (κ1) is 29.5. The van der Waals surface area contributed by atoms with Crippen molar-refractivity contribution in [2.75, 3.05) is 19.5 Å². The molecule has 5 rings (SSSR count). The average molecular weight is 585 g/mol. The Labute approximate surface area is 248 Å². The lowest BCUT2D eigenvalue weighted by molar-refractivity contribution is -0.139. The molecule has 0 saturated carbocycles. The molecule has 1 atom stereocenters. The summed E-state index contributed by atoms with van der Waals surface area (Å²) in [5, 5.41) is 25.2. The molecule has 0 bridgehead atoms. The summed E-state index contributed by atoms with van der Waals surface area (Å²) in [6, 6.07) is 16.5. The van der Waals surface area contributed by atoms with Crippen molar-refractivity contribution in [3.8, 4) is 28.0 Å². The lowest BCUT2D eigenvalue weighted by Gasteiger charge is -2.28. The van der Waals surface area contributed by atoms with Crippen LogP contribution >= 0.6 is 0 Å². The van der Waals surface area contributed by atoms with Gasteiger partial charge in [-0.2, -0.15) is 5.10 Å². The van der Waals surface area contributed by atoms with Crippen molar-refractivity contribution in [3.63, 3.8) is 0 Å². The number of aliphatic hydroxyl groups excluding tert-OH is 1. The second-order valence-corrected chi connectivity index (χ2v) is 10.2. The average Bonchev–Trinajstić information content (AvgIpc) is 3.51. The number of likely N-dealkylation sites (N-methyl/N-ethyl adjacent to an activating group) is 1. The summed E-state index contributed by atoms with van der Waals surface area (Å²) in [5.41, 5.74) is 6.76. The van der Waals surface area contributed by atoms with Gasteiger partial charge >= 0.3 is 0 Å². The van der Waals surface area contributed by atoms with Crippen molar-refractivity contribution in [2.45, 2.75) is 33.3 Å². The van der Waals surface area contributed by atoms with Crippen molar-refractivity contribution in [2.24, 2.45) is 0 Å². The smallest absolute Gasteiger partial charge is 0.264 e. The molecule has 5 N–H and O–H groups in total. The minimum Gasteiger partial charge on any atom is -0.496 e. The molecular weight excluding hydrogens is 551 g/mol. The number of aromatic amines is 1. The summed E-state index contributed by atoms with van der Waals surface area (Å²) >= 11 is 0. The Morgan fingerprint density at radius 2 is 1.79 bits per heavy atom. The van der Waals surface area contributed by atoms with E-state index < -0.39 is 18.2 Å². The van der Waals surface area contributed by atoms with Crippen LogP contribution in [-0.4, -0.2) is 52.5 Å². The van der Waals surface area contributed by atoms with Crippen LogP contribution in [0.25, 0.3) is 22.3 Å². The van der Waals surface area contributed by atoms with E-state index in [2.05, 4.69) is 26.1 Å². The van der Waals surface area contributed by atoms with Gasteiger partial charge in [0.25, 0.3) is 11.8 Å². The maximum Gasteiger partial charge on any atom is 0.264 e. The highest BCUT2D eigenvalue weighted by atomic mass is 19.1. The Kier molecular flexibility index (Phi) is 8.56. The Hall–Kier alpha value is -5.00. The first-order chi connectivity index (χ1) is 20.7. The van der Waals surface area contributed by atoms with Gasteiger partial charge in [-0.05, 0) is 71.5 Å². The molecule has 10 nitrogen and oxygen atoms in total. The second-order valence-electron chi connectivity index (χ2n) is 10.2. The van der Waals surface area contributed by atoms with E-state index in [1.807, 2.05) is 56.3 Å². The fourth-order valence-corrected chi connectivity index (χ4v) is 5.11. The number of aromatic nitrogens is 2. The number of carbonyl (C=O) groups excluding carboxylic acids is 2. The minimum absolute atomic E-state index is 0.119. The van der Waals surface area contributed by atoms with E-state index in [1.54, 1.807) is 12.3 Å². The molecule has 1 aliphatic heterocycles. The lowest BCUT2D eigenvalue weighted by atomic mass is 9.90. The highest BCUT2D eigenvalue weighted by Gasteiger charge is 2.30. The fraction of sp³-hybridized carbons (Fsp3) is 0.219. The van der Waals surface area contributed by atoms with Gasteiger partial charge in [-0.3, -0.25) is 19.6 Å². The van der Waals surface area contributed by atoms with Crippen LogP contribution in [0.15, 0.2) is 72.6 Å². The summed E-state index contributed by atoms with van der Waals surface area (Å²) in [4.78, 5) is 26.5. The first-order valence-corrected chi connectivity index (χ1v) is 13.7. The second kappa shape index (κ2) is 12.5. The molecule has 1 aliphatic rings. The number of aliphatic hydroxyl groups is 1. The number of amides is 2. The molecular formula is C32H33FN6O4. The SMILES string of the molecule is COc1cc(-c2cccc(-c3cccc(NC(=O)C4=CNC(O)N(C)C4=O)c3C)c2C)cc(F)c1CNCc1ccn[nH]1. The largest absolute Gasteiger partial charge is 0.496 e. The molecule has 0 spiro atoms. The van der Waals surface area contributed by atoms with Gasteiger partial charge in [0.2, 0.25) is 6.35 Å². The van der Waals surface area contributed by atoms with E-state index in [9.17, 15) is 14.7 Å². The van der Waals surface area contributed by atoms with Crippen molar-refractivity contribution < 1.29 is 23.8 Å². The van der Waals surface area contributed by atoms with Crippen LogP contribution in [0.5, 0.6) is 5.75 Å². The van der Waals surface area contributed by atoms with Crippen LogP contribution < -0.4 is 20.7 Å². The molecule has 2 heterocycles. The van der Waals surface area contributed by atoms with Gasteiger partial charge in [0.05, 0.1) is 7.11 Å². The number of benzene rings is 3. The minimum atomic E-state index is -1.20. The molecule has 1 aromatic heterocycles. The summed E-state index contributed by atoms with van der Waals surface area (Å²) in [6.07, 6.45) is 1.68. The predicted molar refractivity (Wildman–Crippen MR) is 161 cm³/mol. The van der Waals surface area contributed by atoms with E-state index in [-0.39, 0.29) is 17.9 Å². The highest BCUT2D eigenvalue weighted by molar-refractivity contribution is 6.23. The van der Waals surface area contributed by atoms with Crippen LogP contribution in [0.2, 0.25) is 0 Å². The van der Waals surface area contributed by atoms with E-state index in [0.717, 1.165) is 38.4 Å². The number of nitrogens with one attached hydrogen (secondary N) is 4. The van der Waals surface area contributed by atoms with Crippen molar-refractivity contribution in [3.05, 3.63) is 101 Å². The van der Waals surface area contributed by atoms with Gasteiger partial charge in [-0.25, -0.2) is 4.39 Å². The summed E-state index contributed by atoms with van der Waals surface area (Å²) < 4.78 is 21.0. The van der Waals surface area contributed by atoms with Crippen molar-refractivity contribution >= 4 is 17.5 Å². The van der Waals surface area contributed by atoms with Crippen LogP contribution in [0.3, 0.4) is 0 Å². The van der Waals surface area contributed by atoms with Gasteiger partial charge < -0.3 is 25.8 Å². The van der Waals surface area contributed by atoms with E-state index in [4.69, 9.17) is 4.74 Å². The number of rotatable bonds is 9. The topological polar surface area (TPSA) is 132 Å². The van der Waals surface area contributed by atoms with Crippen LogP contribution in [0.1, 0.15) is 22.4 Å². The number of H-pyrrole nitrogens is 1. The number of methoxy groups -OCH3 is 1. The number of halogens is 1. The Morgan fingerprint density at radius 1 is 1.07 bits per heavy atom. The van der Waals surface area contributed by atoms with E-state index >= 15 is 4.39 Å². The van der Waals surface area contributed by atoms with Crippen molar-refractivity contribution in [1.29, 1.82) is 0 Å². The Morgan fingerprint density at radius 3 is 2.51 bits per heavy atom. The Bertz CT molecular complexity index is 1700. The third kappa shape index (κ3) is 5.99. The maximum absolute atomic E-state index is 15.4. The van der Waals surface area contributed by atoms with Crippen LogP contribution in [-0.2, 0) is 22.7 Å². The molecule has 0 radical (unpaired) electrons. The van der Waals surface area contributed by atoms with Gasteiger partial charge in [0.15, 0.2) is 0 Å². The molecule has 2 amide bonds. The third-order valence-corrected chi connectivity index (χ3v) is 7.61. The summed E-state index contributed by atoms with van der Waals surface area (Å²) in [7, 11) is 2.92. The van der Waals surface area contributed by atoms with Crippen LogP contribution in [0.4, 0.5) is 10.1 Å². The molecule has 0 aliphatic carbocycles. The van der Waals surface area contributed by atoms with E-state index in [1.165, 1.54) is 26.4 Å². The zero-order chi connectivity index (χ0) is 30.7. The van der Waals surface area contributed by atoms with Crippen molar-refractivity contribution in [1.82, 2.24) is 25.7 Å². The number of carbonyl (C=O) groups is 2. The standard InChI is InChI=1S/C32H33FN6O4/c1-18-22(20-13-27(33)25(29(14-20)43-4)16-34-15-21-11-12-36-38-21)7-5-8-23(18)24-9-6-10-28(19(24)2)37-30(40)26-17-35-32(42)39(3)31(26)41/h5-14,17,32,34-35,42H,15-16H2,1-4H3,(H,36,38)(H,37,40). The molecule has 0 fully saturated rings. The normalized spacial score (nSPS) is 14.7. The summed E-state index contributed by atoms with van der Waals surface area (Å²) in [6.45, 7) is 4.64. The summed E-state index contributed by atoms with van der Waals surface area (Å²) in [5.74, 6) is -1.12. The Balaban J connectivity index is 1.42. The quantitative estimate of drug-likeness (QED) is 0.188. The zero-order valence-corrected chi connectivity index (χ0v) is 24.3. The van der Waals surface area contributed by atoms with Gasteiger partial charge in [-0.1, -0.05) is 30.3 Å². The zero-order valence-electron chi connectivity index (χ0n) is 24.3. The highest BCUT2D eigenvalue weighted by Crippen LogP contribution is 2.37. The van der Waals surface area contributed by atoms with E-state index in [0.29, 0.717) is 29.1 Å². The number of hydrogen-bond donors (Lipinski definition) is 5. The predicted octanol–water partition coefficient (Wildman–Crippen LogP) is 3.96. The number of hydrogen-bond acceptors (Lipinski definition) is 7.